The molecule has 2 aromatic rings. The van der Waals surface area contributed by atoms with Crippen molar-refractivity contribution in [2.45, 2.75) is 45.3 Å². The Bertz CT molecular complexity index is 992. The van der Waals surface area contributed by atoms with Crippen LogP contribution in [0.5, 0.6) is 0 Å². The van der Waals surface area contributed by atoms with Crippen LogP contribution in [0.15, 0.2) is 47.8 Å². The van der Waals surface area contributed by atoms with E-state index in [1.54, 1.807) is 49.2 Å². The topological polar surface area (TPSA) is 83.9 Å². The van der Waals surface area contributed by atoms with Crippen LogP contribution in [-0.2, 0) is 9.63 Å². The van der Waals surface area contributed by atoms with Gasteiger partial charge in [-0.25, -0.2) is 4.98 Å². The lowest BCUT2D eigenvalue weighted by atomic mass is 9.95. The van der Waals surface area contributed by atoms with E-state index in [0.29, 0.717) is 16.9 Å². The molecular formula is C23H26N4O3. The monoisotopic (exact) mass is 406 g/mol. The zero-order valence-electron chi connectivity index (χ0n) is 17.5. The summed E-state index contributed by atoms with van der Waals surface area (Å²) in [6.07, 6.45) is 3.65. The lowest BCUT2D eigenvalue weighted by Crippen LogP contribution is -2.49. The van der Waals surface area contributed by atoms with Crippen LogP contribution in [0.25, 0.3) is 0 Å². The minimum absolute atomic E-state index is 0.0366. The molecule has 1 aromatic carbocycles. The van der Waals surface area contributed by atoms with E-state index in [0.717, 1.165) is 31.5 Å². The second-order valence-electron chi connectivity index (χ2n) is 8.27. The number of piperidine rings is 1. The quantitative estimate of drug-likeness (QED) is 0.844. The third-order valence-electron chi connectivity index (χ3n) is 5.60. The van der Waals surface area contributed by atoms with Gasteiger partial charge in [0.15, 0.2) is 11.3 Å². The third-order valence-corrected chi connectivity index (χ3v) is 5.60. The minimum atomic E-state index is -0.953. The lowest BCUT2D eigenvalue weighted by molar-refractivity contribution is -0.128. The SMILES string of the molecule is Cc1cccnc1N(C(=O)c1ccc(C2=NOC(C)(C)C2=O)cc1)[C@@H]1CCCNC1. The maximum absolute atomic E-state index is 13.5. The Morgan fingerprint density at radius 1 is 1.23 bits per heavy atom. The number of ketones is 1. The fourth-order valence-corrected chi connectivity index (χ4v) is 3.84. The number of anilines is 1. The molecule has 30 heavy (non-hydrogen) atoms. The Labute approximate surface area is 176 Å². The van der Waals surface area contributed by atoms with Crippen LogP contribution in [0.2, 0.25) is 0 Å². The first kappa shape index (κ1) is 20.2. The van der Waals surface area contributed by atoms with Gasteiger partial charge in [-0.1, -0.05) is 23.4 Å². The molecule has 1 atom stereocenters. The second kappa shape index (κ2) is 7.99. The Balaban J connectivity index is 1.63. The van der Waals surface area contributed by atoms with Gasteiger partial charge in [-0.2, -0.15) is 0 Å². The summed E-state index contributed by atoms with van der Waals surface area (Å²) >= 11 is 0. The molecule has 3 heterocycles. The van der Waals surface area contributed by atoms with E-state index in [1.807, 2.05) is 19.1 Å². The summed E-state index contributed by atoms with van der Waals surface area (Å²) in [6.45, 7) is 7.04. The Morgan fingerprint density at radius 3 is 2.60 bits per heavy atom. The molecule has 1 amide bonds. The highest BCUT2D eigenvalue weighted by atomic mass is 16.7. The number of nitrogens with one attached hydrogen (secondary N) is 1. The second-order valence-corrected chi connectivity index (χ2v) is 8.27. The molecule has 2 aliphatic rings. The molecule has 7 heteroatoms. The van der Waals surface area contributed by atoms with Gasteiger partial charge < -0.3 is 10.2 Å². The third kappa shape index (κ3) is 3.73. The molecule has 0 spiro atoms. The number of Topliss-reactive ketones (excluding diaryl/α,β-unsaturated/α-hetero) is 1. The van der Waals surface area contributed by atoms with E-state index in [2.05, 4.69) is 15.5 Å². The van der Waals surface area contributed by atoms with Gasteiger partial charge in [0.1, 0.15) is 5.82 Å². The number of hydrogen-bond acceptors (Lipinski definition) is 6. The van der Waals surface area contributed by atoms with E-state index < -0.39 is 5.60 Å². The summed E-state index contributed by atoms with van der Waals surface area (Å²) < 4.78 is 0. The molecule has 156 valence electrons. The van der Waals surface area contributed by atoms with Crippen molar-refractivity contribution in [2.75, 3.05) is 18.0 Å². The molecule has 0 saturated carbocycles. The van der Waals surface area contributed by atoms with Crippen LogP contribution < -0.4 is 10.2 Å². The molecule has 1 aromatic heterocycles. The highest BCUT2D eigenvalue weighted by molar-refractivity contribution is 6.49. The number of benzene rings is 1. The summed E-state index contributed by atoms with van der Waals surface area (Å²) in [6, 6.07) is 10.8. The molecule has 7 nitrogen and oxygen atoms in total. The Kier molecular flexibility index (Phi) is 5.39. The van der Waals surface area contributed by atoms with Crippen molar-refractivity contribution < 1.29 is 14.4 Å². The number of carbonyl (C=O) groups excluding carboxylic acids is 2. The Hall–Kier alpha value is -3.06. The molecule has 0 aliphatic carbocycles. The number of aryl methyl sites for hydroxylation is 1. The molecule has 0 radical (unpaired) electrons. The van der Waals surface area contributed by atoms with E-state index >= 15 is 0 Å². The maximum Gasteiger partial charge on any atom is 0.259 e. The highest BCUT2D eigenvalue weighted by Gasteiger charge is 2.40. The standard InChI is InChI=1S/C23H26N4O3/c1-15-6-4-13-25-21(15)27(18-7-5-12-24-14-18)22(29)17-10-8-16(9-11-17)19-20(28)23(2,3)30-26-19/h4,6,8-11,13,18,24H,5,7,12,14H2,1-3H3/t18-/m1/s1. The molecular weight excluding hydrogens is 380 g/mol. The van der Waals surface area contributed by atoms with Gasteiger partial charge in [0.25, 0.3) is 5.91 Å². The van der Waals surface area contributed by atoms with Crippen LogP contribution >= 0.6 is 0 Å². The first-order valence-electron chi connectivity index (χ1n) is 10.3. The van der Waals surface area contributed by atoms with Crippen LogP contribution in [-0.4, -0.2) is 47.1 Å². The highest BCUT2D eigenvalue weighted by Crippen LogP contribution is 2.26. The zero-order valence-corrected chi connectivity index (χ0v) is 17.5. The number of carbonyl (C=O) groups is 2. The van der Waals surface area contributed by atoms with Crippen LogP contribution in [0, 0.1) is 6.92 Å². The molecule has 1 saturated heterocycles. The van der Waals surface area contributed by atoms with E-state index in [-0.39, 0.29) is 23.4 Å². The average Bonchev–Trinajstić information content (AvgIpc) is 3.03. The van der Waals surface area contributed by atoms with Gasteiger partial charge in [-0.05, 0) is 63.9 Å². The normalized spacial score (nSPS) is 20.4. The van der Waals surface area contributed by atoms with Crippen molar-refractivity contribution in [2.24, 2.45) is 5.16 Å². The largest absolute Gasteiger partial charge is 0.381 e. The number of pyridine rings is 1. The van der Waals surface area contributed by atoms with Gasteiger partial charge in [0, 0.05) is 23.9 Å². The molecule has 2 aliphatic heterocycles. The summed E-state index contributed by atoms with van der Waals surface area (Å²) in [5, 5.41) is 7.32. The van der Waals surface area contributed by atoms with Crippen LogP contribution in [0.4, 0.5) is 5.82 Å². The van der Waals surface area contributed by atoms with Gasteiger partial charge in [-0.3, -0.25) is 14.5 Å². The number of aromatic nitrogens is 1. The van der Waals surface area contributed by atoms with E-state index in [1.165, 1.54) is 0 Å². The molecule has 0 bridgehead atoms. The van der Waals surface area contributed by atoms with Gasteiger partial charge >= 0.3 is 0 Å². The Morgan fingerprint density at radius 2 is 2.00 bits per heavy atom. The van der Waals surface area contributed by atoms with Gasteiger partial charge in [0.2, 0.25) is 5.78 Å². The molecule has 1 fully saturated rings. The number of hydrogen-bond donors (Lipinski definition) is 1. The fraction of sp³-hybridized carbons (Fsp3) is 0.391. The van der Waals surface area contributed by atoms with E-state index in [9.17, 15) is 9.59 Å². The van der Waals surface area contributed by atoms with Crippen LogP contribution in [0.1, 0.15) is 48.2 Å². The van der Waals surface area contributed by atoms with Gasteiger partial charge in [-0.15, -0.1) is 0 Å². The lowest BCUT2D eigenvalue weighted by Gasteiger charge is -2.34. The minimum Gasteiger partial charge on any atom is -0.381 e. The van der Waals surface area contributed by atoms with Crippen molar-refractivity contribution in [1.29, 1.82) is 0 Å². The average molecular weight is 406 g/mol. The summed E-state index contributed by atoms with van der Waals surface area (Å²) in [5.74, 6) is 0.416. The number of amides is 1. The van der Waals surface area contributed by atoms with Crippen molar-refractivity contribution in [3.63, 3.8) is 0 Å². The van der Waals surface area contributed by atoms with Crippen molar-refractivity contribution in [1.82, 2.24) is 10.3 Å². The first-order chi connectivity index (χ1) is 14.4. The number of nitrogens with zero attached hydrogens (tertiary/aromatic N) is 3. The van der Waals surface area contributed by atoms with Crippen LogP contribution in [0.3, 0.4) is 0 Å². The predicted molar refractivity (Wildman–Crippen MR) is 115 cm³/mol. The zero-order chi connectivity index (χ0) is 21.3. The van der Waals surface area contributed by atoms with Crippen molar-refractivity contribution in [3.05, 3.63) is 59.3 Å². The molecule has 4 rings (SSSR count). The van der Waals surface area contributed by atoms with Crippen molar-refractivity contribution in [3.8, 4) is 0 Å². The fourth-order valence-electron chi connectivity index (χ4n) is 3.84. The maximum atomic E-state index is 13.5. The van der Waals surface area contributed by atoms with Gasteiger partial charge in [0.05, 0.1) is 6.04 Å². The summed E-state index contributed by atoms with van der Waals surface area (Å²) in [5.41, 5.74) is 1.47. The van der Waals surface area contributed by atoms with E-state index in [4.69, 9.17) is 4.84 Å². The smallest absolute Gasteiger partial charge is 0.259 e. The summed E-state index contributed by atoms with van der Waals surface area (Å²) in [4.78, 5) is 37.5. The summed E-state index contributed by atoms with van der Waals surface area (Å²) in [7, 11) is 0. The molecule has 0 unspecified atom stereocenters. The number of oxime groups is 1. The molecule has 1 N–H and O–H groups in total. The first-order valence-corrected chi connectivity index (χ1v) is 10.3. The number of rotatable bonds is 4. The predicted octanol–water partition coefficient (Wildman–Crippen LogP) is 2.87. The van der Waals surface area contributed by atoms with Crippen molar-refractivity contribution >= 4 is 23.2 Å².